The summed E-state index contributed by atoms with van der Waals surface area (Å²) < 4.78 is 5.75. The van der Waals surface area contributed by atoms with Gasteiger partial charge >= 0.3 is 0 Å². The van der Waals surface area contributed by atoms with Crippen molar-refractivity contribution < 1.29 is 4.74 Å². The fourth-order valence-electron chi connectivity index (χ4n) is 1.46. The second kappa shape index (κ2) is 7.94. The van der Waals surface area contributed by atoms with E-state index in [0.29, 0.717) is 0 Å². The van der Waals surface area contributed by atoms with Gasteiger partial charge in [0.15, 0.2) is 0 Å². The fraction of sp³-hybridized carbons (Fsp3) is 0.429. The first kappa shape index (κ1) is 12.8. The van der Waals surface area contributed by atoms with E-state index in [9.17, 15) is 0 Å². The Morgan fingerprint density at radius 3 is 2.94 bits per heavy atom. The van der Waals surface area contributed by atoms with Crippen LogP contribution in [0, 0.1) is 0 Å². The minimum atomic E-state index is 0.759. The topological polar surface area (TPSA) is 21.3 Å². The van der Waals surface area contributed by atoms with Gasteiger partial charge in [0.1, 0.15) is 5.75 Å². The van der Waals surface area contributed by atoms with Gasteiger partial charge in [-0.2, -0.15) is 0 Å². The molecule has 0 saturated heterocycles. The van der Waals surface area contributed by atoms with Crippen molar-refractivity contribution in [1.82, 2.24) is 5.32 Å². The van der Waals surface area contributed by atoms with E-state index in [1.54, 1.807) is 0 Å². The Balaban J connectivity index is 2.46. The molecular weight excluding hydrogens is 198 g/mol. The fourth-order valence-corrected chi connectivity index (χ4v) is 1.46. The molecular formula is C14H21NO. The van der Waals surface area contributed by atoms with Crippen LogP contribution in [-0.4, -0.2) is 13.2 Å². The summed E-state index contributed by atoms with van der Waals surface area (Å²) in [6.45, 7) is 8.41. The molecule has 1 rings (SSSR count). The molecule has 0 unspecified atom stereocenters. The largest absolute Gasteiger partial charge is 0.493 e. The minimum Gasteiger partial charge on any atom is -0.493 e. The van der Waals surface area contributed by atoms with Gasteiger partial charge in [-0.15, -0.1) is 6.58 Å². The molecule has 1 aromatic carbocycles. The number of hydrogen-bond donors (Lipinski definition) is 1. The lowest BCUT2D eigenvalue weighted by Crippen LogP contribution is -2.13. The first-order valence-electron chi connectivity index (χ1n) is 5.90. The van der Waals surface area contributed by atoms with Crippen molar-refractivity contribution >= 4 is 0 Å². The summed E-state index contributed by atoms with van der Waals surface area (Å²) in [5.41, 5.74) is 1.22. The van der Waals surface area contributed by atoms with Crippen LogP contribution in [0.1, 0.15) is 25.3 Å². The number of unbranched alkanes of at least 4 members (excludes halogenated alkanes) is 1. The van der Waals surface area contributed by atoms with Crippen LogP contribution in [0.4, 0.5) is 0 Å². The highest BCUT2D eigenvalue weighted by molar-refractivity contribution is 5.33. The third kappa shape index (κ3) is 4.49. The monoisotopic (exact) mass is 219 g/mol. The molecule has 0 heterocycles. The van der Waals surface area contributed by atoms with Crippen molar-refractivity contribution in [2.24, 2.45) is 0 Å². The summed E-state index contributed by atoms with van der Waals surface area (Å²) in [5.74, 6) is 0.993. The Bertz CT molecular complexity index is 309. The van der Waals surface area contributed by atoms with Crippen molar-refractivity contribution in [1.29, 1.82) is 0 Å². The highest BCUT2D eigenvalue weighted by Gasteiger charge is 2.01. The highest BCUT2D eigenvalue weighted by Crippen LogP contribution is 2.17. The molecule has 0 aromatic heterocycles. The second-order valence-corrected chi connectivity index (χ2v) is 3.67. The van der Waals surface area contributed by atoms with Crippen LogP contribution in [-0.2, 0) is 6.54 Å². The first-order valence-corrected chi connectivity index (χ1v) is 5.90. The summed E-state index contributed by atoms with van der Waals surface area (Å²) in [4.78, 5) is 0. The van der Waals surface area contributed by atoms with Crippen molar-refractivity contribution in [2.75, 3.05) is 13.2 Å². The number of ether oxygens (including phenoxy) is 1. The maximum absolute atomic E-state index is 5.75. The molecule has 1 N–H and O–H groups in total. The lowest BCUT2D eigenvalue weighted by Gasteiger charge is -2.11. The smallest absolute Gasteiger partial charge is 0.123 e. The molecule has 88 valence electrons. The number of rotatable bonds is 8. The summed E-state index contributed by atoms with van der Waals surface area (Å²) in [6, 6.07) is 8.19. The molecule has 2 nitrogen and oxygen atoms in total. The first-order chi connectivity index (χ1) is 7.88. The van der Waals surface area contributed by atoms with Gasteiger partial charge in [0.05, 0.1) is 6.61 Å². The molecule has 1 aromatic rings. The second-order valence-electron chi connectivity index (χ2n) is 3.67. The van der Waals surface area contributed by atoms with Gasteiger partial charge in [0.2, 0.25) is 0 Å². The average Bonchev–Trinajstić information content (AvgIpc) is 2.33. The number of benzene rings is 1. The van der Waals surface area contributed by atoms with E-state index in [0.717, 1.165) is 38.3 Å². The molecule has 0 amide bonds. The molecule has 16 heavy (non-hydrogen) atoms. The van der Waals surface area contributed by atoms with Gasteiger partial charge in [-0.3, -0.25) is 0 Å². The van der Waals surface area contributed by atoms with Crippen LogP contribution in [0.25, 0.3) is 0 Å². The number of para-hydroxylation sites is 1. The Kier molecular flexibility index (Phi) is 6.35. The van der Waals surface area contributed by atoms with E-state index < -0.39 is 0 Å². The van der Waals surface area contributed by atoms with Crippen LogP contribution in [0.2, 0.25) is 0 Å². The number of hydrogen-bond acceptors (Lipinski definition) is 2. The maximum atomic E-state index is 5.75. The third-order valence-electron chi connectivity index (χ3n) is 2.35. The Labute approximate surface area is 98.3 Å². The van der Waals surface area contributed by atoms with E-state index in [-0.39, 0.29) is 0 Å². The molecule has 2 heteroatoms. The Morgan fingerprint density at radius 1 is 1.38 bits per heavy atom. The quantitative estimate of drug-likeness (QED) is 0.535. The van der Waals surface area contributed by atoms with Crippen molar-refractivity contribution in [2.45, 2.75) is 26.3 Å². The molecule has 0 atom stereocenters. The standard InChI is InChI=1S/C14H21NO/c1-3-5-8-11-16-14-10-7-6-9-13(14)12-15-4-2/h3,6-7,9-10,15H,1,4-5,8,11-12H2,2H3. The van der Waals surface area contributed by atoms with E-state index in [4.69, 9.17) is 4.74 Å². The average molecular weight is 219 g/mol. The Morgan fingerprint density at radius 2 is 2.19 bits per heavy atom. The van der Waals surface area contributed by atoms with E-state index >= 15 is 0 Å². The Hall–Kier alpha value is -1.28. The molecule has 0 radical (unpaired) electrons. The molecule has 0 fully saturated rings. The summed E-state index contributed by atoms with van der Waals surface area (Å²) in [6.07, 6.45) is 3.96. The molecule has 0 saturated carbocycles. The van der Waals surface area contributed by atoms with Crippen LogP contribution in [0.3, 0.4) is 0 Å². The van der Waals surface area contributed by atoms with Crippen LogP contribution in [0.5, 0.6) is 5.75 Å². The van der Waals surface area contributed by atoms with Crippen LogP contribution in [0.15, 0.2) is 36.9 Å². The van der Waals surface area contributed by atoms with Crippen molar-refractivity contribution in [3.05, 3.63) is 42.5 Å². The lowest BCUT2D eigenvalue weighted by atomic mass is 10.2. The predicted octanol–water partition coefficient (Wildman–Crippen LogP) is 3.14. The van der Waals surface area contributed by atoms with Crippen molar-refractivity contribution in [3.63, 3.8) is 0 Å². The van der Waals surface area contributed by atoms with Crippen LogP contribution >= 0.6 is 0 Å². The van der Waals surface area contributed by atoms with Crippen LogP contribution < -0.4 is 10.1 Å². The van der Waals surface area contributed by atoms with Gasteiger partial charge in [0, 0.05) is 12.1 Å². The van der Waals surface area contributed by atoms with E-state index in [2.05, 4.69) is 24.9 Å². The number of nitrogens with one attached hydrogen (secondary N) is 1. The third-order valence-corrected chi connectivity index (χ3v) is 2.35. The van der Waals surface area contributed by atoms with Gasteiger partial charge in [0.25, 0.3) is 0 Å². The molecule has 0 spiro atoms. The zero-order valence-corrected chi connectivity index (χ0v) is 10.0. The SMILES string of the molecule is C=CCCCOc1ccccc1CNCC. The van der Waals surface area contributed by atoms with E-state index in [1.165, 1.54) is 5.56 Å². The molecule has 0 bridgehead atoms. The number of allylic oxidation sites excluding steroid dienone is 1. The normalized spacial score (nSPS) is 10.1. The zero-order chi connectivity index (χ0) is 11.6. The molecule has 0 aliphatic carbocycles. The van der Waals surface area contributed by atoms with Gasteiger partial charge in [-0.25, -0.2) is 0 Å². The minimum absolute atomic E-state index is 0.759. The zero-order valence-electron chi connectivity index (χ0n) is 10.0. The van der Waals surface area contributed by atoms with Gasteiger partial charge in [-0.05, 0) is 25.5 Å². The summed E-state index contributed by atoms with van der Waals surface area (Å²) >= 11 is 0. The predicted molar refractivity (Wildman–Crippen MR) is 68.7 cm³/mol. The van der Waals surface area contributed by atoms with Crippen molar-refractivity contribution in [3.8, 4) is 5.75 Å². The lowest BCUT2D eigenvalue weighted by molar-refractivity contribution is 0.308. The maximum Gasteiger partial charge on any atom is 0.123 e. The molecule has 0 aliphatic heterocycles. The molecule has 0 aliphatic rings. The summed E-state index contributed by atoms with van der Waals surface area (Å²) in [7, 11) is 0. The summed E-state index contributed by atoms with van der Waals surface area (Å²) in [5, 5.41) is 3.31. The van der Waals surface area contributed by atoms with E-state index in [1.807, 2.05) is 24.3 Å². The van der Waals surface area contributed by atoms with Gasteiger partial charge < -0.3 is 10.1 Å². The van der Waals surface area contributed by atoms with Gasteiger partial charge in [-0.1, -0.05) is 31.2 Å². The highest BCUT2D eigenvalue weighted by atomic mass is 16.5.